The highest BCUT2D eigenvalue weighted by molar-refractivity contribution is 5.32. The van der Waals surface area contributed by atoms with Gasteiger partial charge in [-0.1, -0.05) is 6.07 Å². The monoisotopic (exact) mass is 450 g/mol. The van der Waals surface area contributed by atoms with E-state index in [1.54, 1.807) is 19.4 Å². The average molecular weight is 451 g/mol. The molecule has 2 aliphatic rings. The van der Waals surface area contributed by atoms with E-state index < -0.39 is 11.9 Å². The highest BCUT2D eigenvalue weighted by Gasteiger charge is 2.32. The summed E-state index contributed by atoms with van der Waals surface area (Å²) in [4.78, 5) is 19.5. The number of anilines is 1. The maximum absolute atomic E-state index is 12.7. The summed E-state index contributed by atoms with van der Waals surface area (Å²) in [6.07, 6.45) is 1.86. The smallest absolute Gasteiger partial charge is 0.433 e. The van der Waals surface area contributed by atoms with Crippen molar-refractivity contribution in [3.05, 3.63) is 41.9 Å². The molecule has 174 valence electrons. The first-order valence-corrected chi connectivity index (χ1v) is 11.0. The number of halogens is 3. The fraction of sp³-hybridized carbons (Fsp3) is 0.591. The van der Waals surface area contributed by atoms with E-state index >= 15 is 0 Å². The minimum atomic E-state index is -4.39. The van der Waals surface area contributed by atoms with E-state index in [0.29, 0.717) is 24.4 Å². The van der Waals surface area contributed by atoms with Gasteiger partial charge in [0.1, 0.15) is 5.69 Å². The third-order valence-corrected chi connectivity index (χ3v) is 6.23. The summed E-state index contributed by atoms with van der Waals surface area (Å²) in [7, 11) is 1.61. The Morgan fingerprint density at radius 2 is 1.81 bits per heavy atom. The van der Waals surface area contributed by atoms with Gasteiger partial charge in [-0.05, 0) is 44.0 Å². The molecule has 0 aliphatic carbocycles. The van der Waals surface area contributed by atoms with Gasteiger partial charge < -0.3 is 9.64 Å². The van der Waals surface area contributed by atoms with E-state index in [0.717, 1.165) is 70.2 Å². The van der Waals surface area contributed by atoms with Gasteiger partial charge in [-0.3, -0.25) is 14.8 Å². The Morgan fingerprint density at radius 1 is 1.00 bits per heavy atom. The largest absolute Gasteiger partial charge is 0.481 e. The second-order valence-electron chi connectivity index (χ2n) is 8.33. The van der Waals surface area contributed by atoms with Crippen molar-refractivity contribution in [3.63, 3.8) is 0 Å². The third kappa shape index (κ3) is 5.66. The lowest BCUT2D eigenvalue weighted by Crippen LogP contribution is -2.46. The minimum absolute atomic E-state index is 0.531. The molecule has 2 aliphatic heterocycles. The summed E-state index contributed by atoms with van der Waals surface area (Å²) in [5, 5.41) is 0. The minimum Gasteiger partial charge on any atom is -0.481 e. The van der Waals surface area contributed by atoms with Crippen LogP contribution in [0.15, 0.2) is 30.6 Å². The predicted molar refractivity (Wildman–Crippen MR) is 115 cm³/mol. The molecule has 32 heavy (non-hydrogen) atoms. The molecule has 2 aromatic heterocycles. The van der Waals surface area contributed by atoms with E-state index in [1.165, 1.54) is 12.3 Å². The van der Waals surface area contributed by atoms with Gasteiger partial charge in [-0.15, -0.1) is 0 Å². The van der Waals surface area contributed by atoms with E-state index in [2.05, 4.69) is 29.7 Å². The maximum atomic E-state index is 12.7. The number of likely N-dealkylation sites (tertiary alicyclic amines) is 1. The number of hydrogen-bond donors (Lipinski definition) is 0. The summed E-state index contributed by atoms with van der Waals surface area (Å²) in [5.74, 6) is 1.29. The zero-order valence-electron chi connectivity index (χ0n) is 18.3. The molecule has 0 amide bonds. The highest BCUT2D eigenvalue weighted by atomic mass is 19.4. The highest BCUT2D eigenvalue weighted by Crippen LogP contribution is 2.27. The molecule has 0 aromatic carbocycles. The molecule has 0 unspecified atom stereocenters. The van der Waals surface area contributed by atoms with Crippen LogP contribution in [0.2, 0.25) is 0 Å². The van der Waals surface area contributed by atoms with Crippen LogP contribution in [0.25, 0.3) is 0 Å². The van der Waals surface area contributed by atoms with Gasteiger partial charge in [0.25, 0.3) is 0 Å². The van der Waals surface area contributed by atoms with Gasteiger partial charge in [0.05, 0.1) is 7.11 Å². The van der Waals surface area contributed by atoms with E-state index in [-0.39, 0.29) is 0 Å². The van der Waals surface area contributed by atoms with Crippen LogP contribution in [0.3, 0.4) is 0 Å². The number of pyridine rings is 1. The van der Waals surface area contributed by atoms with Crippen LogP contribution in [0.4, 0.5) is 19.1 Å². The van der Waals surface area contributed by atoms with Gasteiger partial charge >= 0.3 is 6.18 Å². The van der Waals surface area contributed by atoms with Crippen molar-refractivity contribution in [2.75, 3.05) is 51.3 Å². The average Bonchev–Trinajstić information content (AvgIpc) is 3.06. The number of piperidine rings is 1. The molecule has 4 rings (SSSR count). The SMILES string of the molecule is COc1ccnc(N2CCCN(C3CCN(Cc4ccc(C(F)(F)F)nc4)CC3)CC2)n1. The van der Waals surface area contributed by atoms with Crippen molar-refractivity contribution in [2.24, 2.45) is 0 Å². The molecule has 2 aromatic rings. The molecule has 7 nitrogen and oxygen atoms in total. The molecule has 0 radical (unpaired) electrons. The Hall–Kier alpha value is -2.46. The van der Waals surface area contributed by atoms with Crippen LogP contribution in [0.1, 0.15) is 30.5 Å². The number of ether oxygens (including phenoxy) is 1. The lowest BCUT2D eigenvalue weighted by atomic mass is 10.0. The van der Waals surface area contributed by atoms with Gasteiger partial charge in [0.2, 0.25) is 11.8 Å². The molecule has 2 fully saturated rings. The number of rotatable bonds is 5. The summed E-state index contributed by atoms with van der Waals surface area (Å²) in [6, 6.07) is 4.88. The number of nitrogens with zero attached hydrogens (tertiary/aromatic N) is 6. The van der Waals surface area contributed by atoms with Crippen LogP contribution >= 0.6 is 0 Å². The maximum Gasteiger partial charge on any atom is 0.433 e. The predicted octanol–water partition coefficient (Wildman–Crippen LogP) is 3.08. The second-order valence-corrected chi connectivity index (χ2v) is 8.33. The van der Waals surface area contributed by atoms with E-state index in [1.807, 2.05) is 0 Å². The Labute approximate surface area is 186 Å². The van der Waals surface area contributed by atoms with Gasteiger partial charge in [-0.2, -0.15) is 18.2 Å². The molecular formula is C22H29F3N6O. The zero-order valence-corrected chi connectivity index (χ0v) is 18.3. The quantitative estimate of drug-likeness (QED) is 0.694. The fourth-order valence-corrected chi connectivity index (χ4v) is 4.49. The standard InChI is InChI=1S/C22H29F3N6O/c1-32-20-5-8-26-21(28-20)31-10-2-9-30(13-14-31)18-6-11-29(12-7-18)16-17-3-4-19(27-15-17)22(23,24)25/h3-5,8,15,18H,2,6-7,9-14,16H2,1H3. The molecular weight excluding hydrogens is 421 g/mol. The Balaban J connectivity index is 1.26. The first kappa shape index (κ1) is 22.7. The Morgan fingerprint density at radius 3 is 2.50 bits per heavy atom. The fourth-order valence-electron chi connectivity index (χ4n) is 4.49. The summed E-state index contributed by atoms with van der Waals surface area (Å²) in [6.45, 7) is 6.32. The molecule has 0 N–H and O–H groups in total. The van der Waals surface area contributed by atoms with Crippen molar-refractivity contribution in [2.45, 2.75) is 38.0 Å². The van der Waals surface area contributed by atoms with E-state index in [9.17, 15) is 13.2 Å². The lowest BCUT2D eigenvalue weighted by molar-refractivity contribution is -0.141. The van der Waals surface area contributed by atoms with Crippen molar-refractivity contribution in [1.29, 1.82) is 0 Å². The molecule has 0 spiro atoms. The van der Waals surface area contributed by atoms with Gasteiger partial charge in [0, 0.05) is 57.2 Å². The summed E-state index contributed by atoms with van der Waals surface area (Å²) >= 11 is 0. The Kier molecular flexibility index (Phi) is 7.10. The number of aromatic nitrogens is 3. The first-order valence-electron chi connectivity index (χ1n) is 11.0. The van der Waals surface area contributed by atoms with Gasteiger partial charge in [-0.25, -0.2) is 4.98 Å². The zero-order chi connectivity index (χ0) is 22.6. The third-order valence-electron chi connectivity index (χ3n) is 6.23. The Bertz CT molecular complexity index is 871. The molecule has 10 heteroatoms. The van der Waals surface area contributed by atoms with Crippen LogP contribution in [0.5, 0.6) is 5.88 Å². The molecule has 0 saturated carbocycles. The summed E-state index contributed by atoms with van der Waals surface area (Å²) < 4.78 is 43.3. The lowest BCUT2D eigenvalue weighted by Gasteiger charge is -2.38. The van der Waals surface area contributed by atoms with Crippen LogP contribution in [0, 0.1) is 0 Å². The number of methoxy groups -OCH3 is 1. The van der Waals surface area contributed by atoms with E-state index in [4.69, 9.17) is 4.74 Å². The topological polar surface area (TPSA) is 57.6 Å². The van der Waals surface area contributed by atoms with Crippen molar-refractivity contribution in [1.82, 2.24) is 24.8 Å². The van der Waals surface area contributed by atoms with Gasteiger partial charge in [0.15, 0.2) is 0 Å². The van der Waals surface area contributed by atoms with Crippen LogP contribution in [-0.4, -0.2) is 77.2 Å². The normalized spacial score (nSPS) is 19.7. The molecule has 0 bridgehead atoms. The molecule has 2 saturated heterocycles. The first-order chi connectivity index (χ1) is 15.4. The molecule has 0 atom stereocenters. The number of hydrogen-bond acceptors (Lipinski definition) is 7. The van der Waals surface area contributed by atoms with Crippen molar-refractivity contribution >= 4 is 5.95 Å². The van der Waals surface area contributed by atoms with Crippen molar-refractivity contribution < 1.29 is 17.9 Å². The van der Waals surface area contributed by atoms with Crippen LogP contribution in [-0.2, 0) is 12.7 Å². The second kappa shape index (κ2) is 9.99. The number of alkyl halides is 3. The molecule has 4 heterocycles. The van der Waals surface area contributed by atoms with Crippen LogP contribution < -0.4 is 9.64 Å². The summed E-state index contributed by atoms with van der Waals surface area (Å²) in [5.41, 5.74) is -0.0188. The van der Waals surface area contributed by atoms with Crippen molar-refractivity contribution in [3.8, 4) is 5.88 Å².